The van der Waals surface area contributed by atoms with Gasteiger partial charge in [-0.3, -0.25) is 14.5 Å². The highest BCUT2D eigenvalue weighted by atomic mass is 16.6. The first-order valence-electron chi connectivity index (χ1n) is 14.7. The van der Waals surface area contributed by atoms with Crippen LogP contribution in [0.1, 0.15) is 48.3 Å². The van der Waals surface area contributed by atoms with Gasteiger partial charge in [0, 0.05) is 94.3 Å². The molecule has 0 bridgehead atoms. The second-order valence-corrected chi connectivity index (χ2v) is 12.9. The number of amides is 2. The van der Waals surface area contributed by atoms with Crippen molar-refractivity contribution < 1.29 is 19.1 Å². The first-order valence-corrected chi connectivity index (χ1v) is 14.7. The number of aromatic nitrogens is 4. The highest BCUT2D eigenvalue weighted by molar-refractivity contribution is 6.06. The molecule has 0 spiro atoms. The van der Waals surface area contributed by atoms with Crippen LogP contribution in [0.2, 0.25) is 0 Å². The van der Waals surface area contributed by atoms with Crippen molar-refractivity contribution in [1.82, 2.24) is 34.2 Å². The van der Waals surface area contributed by atoms with Gasteiger partial charge in [-0.05, 0) is 45.0 Å². The smallest absolute Gasteiger partial charge is 0.410 e. The number of imidazole rings is 2. The first kappa shape index (κ1) is 29.2. The van der Waals surface area contributed by atoms with Crippen molar-refractivity contribution in [3.8, 4) is 6.07 Å². The van der Waals surface area contributed by atoms with Crippen LogP contribution in [0.5, 0.6) is 0 Å². The molecular weight excluding hydrogens is 560 g/mol. The summed E-state index contributed by atoms with van der Waals surface area (Å²) >= 11 is 0. The van der Waals surface area contributed by atoms with Gasteiger partial charge in [0.2, 0.25) is 0 Å². The van der Waals surface area contributed by atoms with E-state index in [9.17, 15) is 19.6 Å². The monoisotopic (exact) mass is 596 g/mol. The lowest BCUT2D eigenvalue weighted by Gasteiger charge is -2.28. The number of ether oxygens (including phenoxy) is 1. The van der Waals surface area contributed by atoms with Crippen molar-refractivity contribution in [2.24, 2.45) is 25.9 Å². The number of nitrogens with one attached hydrogen (secondary N) is 1. The lowest BCUT2D eigenvalue weighted by molar-refractivity contribution is -0.132. The molecule has 3 fully saturated rings. The van der Waals surface area contributed by atoms with E-state index in [4.69, 9.17) is 4.74 Å². The molecule has 12 heteroatoms. The Morgan fingerprint density at radius 2 is 1.61 bits per heavy atom. The predicted molar refractivity (Wildman–Crippen MR) is 159 cm³/mol. The van der Waals surface area contributed by atoms with Crippen LogP contribution in [0.3, 0.4) is 0 Å². The number of likely N-dealkylation sites (tertiary alicyclic amines) is 1. The number of rotatable bonds is 7. The fourth-order valence-electron chi connectivity index (χ4n) is 6.35. The molecular formula is C32H36N8O4. The van der Waals surface area contributed by atoms with Gasteiger partial charge in [0.1, 0.15) is 28.6 Å². The minimum Gasteiger partial charge on any atom is -0.444 e. The maximum absolute atomic E-state index is 14.7. The summed E-state index contributed by atoms with van der Waals surface area (Å²) in [5.41, 5.74) is -0.899. The third kappa shape index (κ3) is 5.34. The van der Waals surface area contributed by atoms with Gasteiger partial charge in [0.25, 0.3) is 5.91 Å². The number of carbonyl (C=O) groups excluding carboxylic acids is 3. The highest BCUT2D eigenvalue weighted by Crippen LogP contribution is 2.52. The Hall–Kier alpha value is -4.92. The Morgan fingerprint density at radius 1 is 1.05 bits per heavy atom. The summed E-state index contributed by atoms with van der Waals surface area (Å²) in [5, 5.41) is 12.7. The average molecular weight is 597 g/mol. The van der Waals surface area contributed by atoms with E-state index in [-0.39, 0.29) is 48.5 Å². The van der Waals surface area contributed by atoms with Crippen LogP contribution in [-0.2, 0) is 36.5 Å². The number of carbonyl (C=O) groups is 3. The van der Waals surface area contributed by atoms with E-state index in [1.807, 2.05) is 56.4 Å². The van der Waals surface area contributed by atoms with Crippen LogP contribution in [0.4, 0.5) is 4.79 Å². The molecule has 4 heterocycles. The van der Waals surface area contributed by atoms with Crippen molar-refractivity contribution in [3.63, 3.8) is 0 Å². The zero-order valence-electron chi connectivity index (χ0n) is 25.5. The number of hydrogen-bond donors (Lipinski definition) is 1. The van der Waals surface area contributed by atoms with E-state index in [1.165, 1.54) is 6.08 Å². The summed E-state index contributed by atoms with van der Waals surface area (Å²) in [7, 11) is 3.77. The topological polar surface area (TPSA) is 138 Å². The van der Waals surface area contributed by atoms with Crippen LogP contribution in [0, 0.1) is 23.2 Å². The van der Waals surface area contributed by atoms with Gasteiger partial charge in [0.05, 0.1) is 11.6 Å². The number of benzene rings is 1. The van der Waals surface area contributed by atoms with Gasteiger partial charge in [0.15, 0.2) is 5.78 Å². The number of nitriles is 1. The Bertz CT molecular complexity index is 1630. The zero-order valence-corrected chi connectivity index (χ0v) is 25.5. The molecule has 2 saturated heterocycles. The summed E-state index contributed by atoms with van der Waals surface area (Å²) in [5.74, 6) is 1.50. The van der Waals surface area contributed by atoms with Crippen molar-refractivity contribution in [3.05, 3.63) is 83.7 Å². The Balaban J connectivity index is 1.35. The van der Waals surface area contributed by atoms with Crippen molar-refractivity contribution in [2.75, 3.05) is 13.1 Å². The van der Waals surface area contributed by atoms with Gasteiger partial charge < -0.3 is 24.1 Å². The molecule has 2 aliphatic heterocycles. The quantitative estimate of drug-likeness (QED) is 0.325. The van der Waals surface area contributed by atoms with Crippen LogP contribution in [0.15, 0.2) is 60.9 Å². The maximum atomic E-state index is 14.7. The molecule has 12 nitrogen and oxygen atoms in total. The van der Waals surface area contributed by atoms with Gasteiger partial charge in [-0.25, -0.2) is 14.8 Å². The molecule has 2 unspecified atom stereocenters. The molecule has 2 atom stereocenters. The molecule has 1 aliphatic carbocycles. The molecule has 228 valence electrons. The lowest BCUT2D eigenvalue weighted by atomic mass is 9.90. The Labute approximate surface area is 255 Å². The number of aryl methyl sites for hydroxylation is 2. The molecule has 2 amide bonds. The Kier molecular flexibility index (Phi) is 7.07. The van der Waals surface area contributed by atoms with E-state index in [2.05, 4.69) is 21.4 Å². The number of hydrogen-bond acceptors (Lipinski definition) is 8. The van der Waals surface area contributed by atoms with E-state index < -0.39 is 11.1 Å². The van der Waals surface area contributed by atoms with Gasteiger partial charge in [-0.2, -0.15) is 5.26 Å². The molecule has 3 aliphatic rings. The normalized spacial score (nSPS) is 23.0. The van der Waals surface area contributed by atoms with E-state index in [1.54, 1.807) is 46.5 Å². The largest absolute Gasteiger partial charge is 0.444 e. The molecule has 1 N–H and O–H groups in total. The average Bonchev–Trinajstić information content (AvgIpc) is 3.43. The summed E-state index contributed by atoms with van der Waals surface area (Å²) in [6, 6.07) is 8.30. The van der Waals surface area contributed by atoms with Crippen LogP contribution in [0.25, 0.3) is 0 Å². The molecule has 3 aromatic rings. The summed E-state index contributed by atoms with van der Waals surface area (Å²) in [4.78, 5) is 53.5. The van der Waals surface area contributed by atoms with E-state index >= 15 is 0 Å². The summed E-state index contributed by atoms with van der Waals surface area (Å²) < 4.78 is 9.35. The Morgan fingerprint density at radius 3 is 2.09 bits per heavy atom. The number of fused-ring (bicyclic) bond motifs is 1. The third-order valence-electron chi connectivity index (χ3n) is 8.68. The van der Waals surface area contributed by atoms with Crippen LogP contribution in [-0.4, -0.2) is 77.0 Å². The summed E-state index contributed by atoms with van der Waals surface area (Å²) in [6.07, 6.45) is 8.72. The van der Waals surface area contributed by atoms with Gasteiger partial charge in [-0.15, -0.1) is 0 Å². The standard InChI is InChI=1S/C32H36N8O4/c1-31(2,3)44-30(43)39-18-22-23(19-39)28(22)40-25(14-24(41)21-8-6-20(17-33)7-9-21)36-32(29(40)42,15-26-34-10-12-37(26)4)16-27-35-11-13-38(27)5/h6-14,22-23,28,36H,15-16,18-19H2,1-5H3. The number of nitrogens with zero attached hydrogens (tertiary/aromatic N) is 7. The molecule has 2 aromatic heterocycles. The van der Waals surface area contributed by atoms with Gasteiger partial charge in [-0.1, -0.05) is 0 Å². The molecule has 6 rings (SSSR count). The molecule has 1 saturated carbocycles. The van der Waals surface area contributed by atoms with Crippen molar-refractivity contribution in [2.45, 2.75) is 50.8 Å². The maximum Gasteiger partial charge on any atom is 0.410 e. The minimum absolute atomic E-state index is 0.0544. The molecule has 44 heavy (non-hydrogen) atoms. The zero-order chi connectivity index (χ0) is 31.4. The second-order valence-electron chi connectivity index (χ2n) is 12.9. The SMILES string of the molecule is Cn1ccnc1CC1(Cc2nccn2C)NC(=CC(=O)c2ccc(C#N)cc2)N(C2C3CN(C(=O)OC(C)(C)C)CC32)C1=O. The van der Waals surface area contributed by atoms with Crippen LogP contribution >= 0.6 is 0 Å². The van der Waals surface area contributed by atoms with E-state index in [0.717, 1.165) is 0 Å². The first-order chi connectivity index (χ1) is 20.9. The number of piperidine rings is 1. The summed E-state index contributed by atoms with van der Waals surface area (Å²) in [6.45, 7) is 6.45. The predicted octanol–water partition coefficient (Wildman–Crippen LogP) is 2.57. The highest BCUT2D eigenvalue weighted by Gasteiger charge is 2.65. The fourth-order valence-corrected chi connectivity index (χ4v) is 6.35. The lowest BCUT2D eigenvalue weighted by Crippen LogP contribution is -2.52. The van der Waals surface area contributed by atoms with Gasteiger partial charge >= 0.3 is 6.09 Å². The fraction of sp³-hybridized carbons (Fsp3) is 0.438. The number of allylic oxidation sites excluding steroid dienone is 1. The van der Waals surface area contributed by atoms with Crippen molar-refractivity contribution >= 4 is 17.8 Å². The third-order valence-corrected chi connectivity index (χ3v) is 8.68. The van der Waals surface area contributed by atoms with E-state index in [0.29, 0.717) is 41.7 Å². The van der Waals surface area contributed by atoms with Crippen LogP contribution < -0.4 is 5.32 Å². The number of ketones is 1. The second kappa shape index (κ2) is 10.7. The molecule has 0 radical (unpaired) electrons. The molecule has 1 aromatic carbocycles. The van der Waals surface area contributed by atoms with Crippen molar-refractivity contribution in [1.29, 1.82) is 5.26 Å². The minimum atomic E-state index is -1.16.